The highest BCUT2D eigenvalue weighted by Gasteiger charge is 2.35. The first-order valence-corrected chi connectivity index (χ1v) is 12.0. The summed E-state index contributed by atoms with van der Waals surface area (Å²) in [7, 11) is 0. The Balaban J connectivity index is 1.88. The molecule has 182 valence electrons. The zero-order valence-corrected chi connectivity index (χ0v) is 20.6. The predicted octanol–water partition coefficient (Wildman–Crippen LogP) is 5.77. The van der Waals surface area contributed by atoms with E-state index in [1.807, 2.05) is 43.3 Å². The number of imide groups is 1. The summed E-state index contributed by atoms with van der Waals surface area (Å²) in [6, 6.07) is 16.3. The van der Waals surface area contributed by atoms with E-state index >= 15 is 0 Å². The van der Waals surface area contributed by atoms with E-state index in [0.29, 0.717) is 34.4 Å². The maximum Gasteiger partial charge on any atom is 0.271 e. The van der Waals surface area contributed by atoms with Gasteiger partial charge in [-0.15, -0.1) is 0 Å². The number of halogens is 1. The van der Waals surface area contributed by atoms with Gasteiger partial charge in [0.2, 0.25) is 0 Å². The molecule has 3 aromatic rings. The molecule has 1 aliphatic heterocycles. The van der Waals surface area contributed by atoms with Gasteiger partial charge in [0.15, 0.2) is 0 Å². The second kappa shape index (κ2) is 10.5. The van der Waals surface area contributed by atoms with E-state index in [0.717, 1.165) is 23.4 Å². The Morgan fingerprint density at radius 3 is 2.47 bits per heavy atom. The maximum absolute atomic E-state index is 14.5. The van der Waals surface area contributed by atoms with Crippen molar-refractivity contribution in [2.75, 3.05) is 6.54 Å². The Morgan fingerprint density at radius 2 is 1.81 bits per heavy atom. The Labute approximate surface area is 210 Å². The van der Waals surface area contributed by atoms with Crippen molar-refractivity contribution in [3.63, 3.8) is 0 Å². The van der Waals surface area contributed by atoms with Crippen molar-refractivity contribution in [1.82, 2.24) is 14.7 Å². The van der Waals surface area contributed by atoms with E-state index < -0.39 is 11.8 Å². The van der Waals surface area contributed by atoms with Gasteiger partial charge in [-0.1, -0.05) is 50.1 Å². The van der Waals surface area contributed by atoms with Crippen molar-refractivity contribution in [2.24, 2.45) is 0 Å². The Bertz CT molecular complexity index is 1430. The van der Waals surface area contributed by atoms with Crippen LogP contribution in [0.15, 0.2) is 71.4 Å². The number of para-hydroxylation sites is 1. The molecular weight excluding hydrogens is 455 g/mol. The third-order valence-electron chi connectivity index (χ3n) is 6.32. The predicted molar refractivity (Wildman–Crippen MR) is 136 cm³/mol. The van der Waals surface area contributed by atoms with Gasteiger partial charge in [-0.05, 0) is 55.7 Å². The lowest BCUT2D eigenvalue weighted by atomic mass is 9.93. The number of benzene rings is 2. The van der Waals surface area contributed by atoms with Crippen LogP contribution in [0, 0.1) is 24.1 Å². The van der Waals surface area contributed by atoms with Crippen LogP contribution in [-0.4, -0.2) is 33.0 Å². The largest absolute Gasteiger partial charge is 0.274 e. The maximum atomic E-state index is 14.5. The lowest BCUT2D eigenvalue weighted by molar-refractivity contribution is -0.140. The van der Waals surface area contributed by atoms with Gasteiger partial charge >= 0.3 is 0 Å². The fraction of sp³-hybridized carbons (Fsp3) is 0.241. The Hall–Kier alpha value is -4.31. The topological polar surface area (TPSA) is 79.0 Å². The number of nitrogens with zero attached hydrogens (tertiary/aromatic N) is 4. The summed E-state index contributed by atoms with van der Waals surface area (Å²) in [6.45, 7) is 5.58. The van der Waals surface area contributed by atoms with Crippen LogP contribution < -0.4 is 0 Å². The number of hydrogen-bond donors (Lipinski definition) is 0. The van der Waals surface area contributed by atoms with E-state index in [9.17, 15) is 19.2 Å². The van der Waals surface area contributed by atoms with Crippen molar-refractivity contribution < 1.29 is 14.0 Å². The third-order valence-corrected chi connectivity index (χ3v) is 6.32. The number of carbonyl (C=O) groups is 2. The molecule has 2 heterocycles. The van der Waals surface area contributed by atoms with Crippen molar-refractivity contribution in [2.45, 2.75) is 40.0 Å². The summed E-state index contributed by atoms with van der Waals surface area (Å²) in [5.74, 6) is -1.36. The number of rotatable bonds is 7. The molecule has 0 fully saturated rings. The first kappa shape index (κ1) is 24.8. The summed E-state index contributed by atoms with van der Waals surface area (Å²) >= 11 is 0. The van der Waals surface area contributed by atoms with Crippen LogP contribution in [0.25, 0.3) is 23.0 Å². The summed E-state index contributed by atoms with van der Waals surface area (Å²) < 4.78 is 16.1. The van der Waals surface area contributed by atoms with E-state index in [2.05, 4.69) is 0 Å². The van der Waals surface area contributed by atoms with Crippen LogP contribution in [0.1, 0.15) is 44.2 Å². The molecule has 0 unspecified atom stereocenters. The molecular formula is C29H27FN4O2. The fourth-order valence-electron chi connectivity index (χ4n) is 4.18. The van der Waals surface area contributed by atoms with Crippen molar-refractivity contribution in [1.29, 1.82) is 5.26 Å². The van der Waals surface area contributed by atoms with Crippen LogP contribution in [0.4, 0.5) is 4.39 Å². The van der Waals surface area contributed by atoms with Crippen LogP contribution >= 0.6 is 0 Å². The molecule has 1 aromatic heterocycles. The molecule has 0 saturated carbocycles. The minimum atomic E-state index is -0.561. The molecule has 0 radical (unpaired) electrons. The second-order valence-corrected chi connectivity index (χ2v) is 8.82. The highest BCUT2D eigenvalue weighted by Crippen LogP contribution is 2.32. The van der Waals surface area contributed by atoms with Crippen LogP contribution in [0.3, 0.4) is 0 Å². The normalized spacial score (nSPS) is 15.1. The first-order chi connectivity index (χ1) is 17.3. The van der Waals surface area contributed by atoms with Gasteiger partial charge in [0.05, 0.1) is 5.69 Å². The summed E-state index contributed by atoms with van der Waals surface area (Å²) in [6.07, 6.45) is 5.88. The highest BCUT2D eigenvalue weighted by atomic mass is 19.1. The number of nitriles is 1. The van der Waals surface area contributed by atoms with Gasteiger partial charge in [-0.2, -0.15) is 10.4 Å². The molecule has 0 N–H and O–H groups in total. The monoisotopic (exact) mass is 482 g/mol. The lowest BCUT2D eigenvalue weighted by Gasteiger charge is -2.27. The van der Waals surface area contributed by atoms with Gasteiger partial charge in [0, 0.05) is 29.4 Å². The van der Waals surface area contributed by atoms with E-state index in [4.69, 9.17) is 5.10 Å². The molecule has 0 atom stereocenters. The SMILES string of the molecule is CCCCCN1C(=O)C(C#N)=C(C)/C(=C/c2cn(-c3ccccc3)nc2-c2ccc(C)c(F)c2)C1=O. The van der Waals surface area contributed by atoms with Gasteiger partial charge in [0.1, 0.15) is 23.2 Å². The molecule has 0 spiro atoms. The zero-order chi connectivity index (χ0) is 25.8. The van der Waals surface area contributed by atoms with Crippen molar-refractivity contribution in [3.05, 3.63) is 88.4 Å². The second-order valence-electron chi connectivity index (χ2n) is 8.82. The molecule has 2 amide bonds. The molecule has 0 saturated heterocycles. The average molecular weight is 483 g/mol. The standard InChI is InChI=1S/C29H27FN4O2/c1-4-5-9-14-33-28(35)24(20(3)25(17-31)29(33)36)15-22-18-34(23-10-7-6-8-11-23)32-27(22)21-13-12-19(2)26(30)16-21/h6-8,10-13,15-16,18H,4-5,9,14H2,1-3H3/b24-15-. The molecule has 36 heavy (non-hydrogen) atoms. The van der Waals surface area contributed by atoms with Crippen LogP contribution in [0.2, 0.25) is 0 Å². The number of amides is 2. The quantitative estimate of drug-likeness (QED) is 0.243. The highest BCUT2D eigenvalue weighted by molar-refractivity contribution is 6.19. The van der Waals surface area contributed by atoms with Crippen molar-refractivity contribution >= 4 is 17.9 Å². The number of unbranched alkanes of at least 4 members (excludes halogenated alkanes) is 2. The minimum absolute atomic E-state index is 0.0456. The zero-order valence-electron chi connectivity index (χ0n) is 20.6. The molecule has 0 bridgehead atoms. The summed E-state index contributed by atoms with van der Waals surface area (Å²) in [5, 5.41) is 14.4. The number of aromatic nitrogens is 2. The Morgan fingerprint density at radius 1 is 1.06 bits per heavy atom. The van der Waals surface area contributed by atoms with Gasteiger partial charge in [0.25, 0.3) is 11.8 Å². The van der Waals surface area contributed by atoms with Gasteiger partial charge in [-0.25, -0.2) is 9.07 Å². The smallest absolute Gasteiger partial charge is 0.271 e. The first-order valence-electron chi connectivity index (χ1n) is 12.0. The summed E-state index contributed by atoms with van der Waals surface area (Å²) in [4.78, 5) is 27.4. The number of carbonyl (C=O) groups excluding carboxylic acids is 2. The minimum Gasteiger partial charge on any atom is -0.274 e. The fourth-order valence-corrected chi connectivity index (χ4v) is 4.18. The van der Waals surface area contributed by atoms with Crippen molar-refractivity contribution in [3.8, 4) is 23.0 Å². The van der Waals surface area contributed by atoms with E-state index in [1.54, 1.807) is 42.9 Å². The molecule has 4 rings (SSSR count). The molecule has 2 aromatic carbocycles. The lowest BCUT2D eigenvalue weighted by Crippen LogP contribution is -2.43. The Kier molecular flexibility index (Phi) is 7.25. The van der Waals surface area contributed by atoms with E-state index in [1.165, 1.54) is 6.07 Å². The van der Waals surface area contributed by atoms with Crippen LogP contribution in [0.5, 0.6) is 0 Å². The molecule has 1 aliphatic rings. The number of hydrogen-bond acceptors (Lipinski definition) is 4. The molecule has 6 nitrogen and oxygen atoms in total. The number of aryl methyl sites for hydroxylation is 1. The molecule has 7 heteroatoms. The third kappa shape index (κ3) is 4.76. The summed E-state index contributed by atoms with van der Waals surface area (Å²) in [5.41, 5.74) is 3.46. The van der Waals surface area contributed by atoms with Gasteiger partial charge < -0.3 is 0 Å². The van der Waals surface area contributed by atoms with Gasteiger partial charge in [-0.3, -0.25) is 14.5 Å². The average Bonchev–Trinajstić information content (AvgIpc) is 3.30. The molecule has 0 aliphatic carbocycles. The van der Waals surface area contributed by atoms with Crippen LogP contribution in [-0.2, 0) is 9.59 Å². The van der Waals surface area contributed by atoms with E-state index in [-0.39, 0.29) is 23.5 Å².